The fourth-order valence-corrected chi connectivity index (χ4v) is 4.35. The molecule has 3 aromatic carbocycles. The smallest absolute Gasteiger partial charge is 0.406 e. The van der Waals surface area contributed by atoms with Crippen LogP contribution in [0.25, 0.3) is 33.8 Å². The number of aryl methyl sites for hydroxylation is 1. The molecule has 5 aromatic rings. The minimum atomic E-state index is -4.79. The highest BCUT2D eigenvalue weighted by molar-refractivity contribution is 7.80. The van der Waals surface area contributed by atoms with Gasteiger partial charge in [0, 0.05) is 16.7 Å². The van der Waals surface area contributed by atoms with Gasteiger partial charge in [-0.2, -0.15) is 0 Å². The van der Waals surface area contributed by atoms with Crippen molar-refractivity contribution in [2.24, 2.45) is 0 Å². The highest BCUT2D eigenvalue weighted by atomic mass is 32.1. The van der Waals surface area contributed by atoms with Crippen molar-refractivity contribution < 1.29 is 22.3 Å². The van der Waals surface area contributed by atoms with Crippen LogP contribution in [-0.4, -0.2) is 30.9 Å². The fourth-order valence-electron chi connectivity index (χ4n) is 4.13. The molecule has 0 spiro atoms. The molecule has 1 atom stereocenters. The average molecular weight is 540 g/mol. The maximum atomic E-state index is 14.1. The standard InChI is InChI=1S/C27H21F4N5OS/c1-16(28)23-15-35(17(2)33-23)24-11-8-20(19-4-3-5-22(38)12-19)13-25(24)36-26(14-32-34-36)18-6-9-21(10-7-18)37-27(29,30)31/h3-16,38H,1-2H3. The molecule has 1 unspecified atom stereocenters. The maximum Gasteiger partial charge on any atom is 0.573 e. The van der Waals surface area contributed by atoms with Crippen LogP contribution in [0.1, 0.15) is 24.6 Å². The summed E-state index contributed by atoms with van der Waals surface area (Å²) in [4.78, 5) is 5.14. The summed E-state index contributed by atoms with van der Waals surface area (Å²) in [6.07, 6.45) is -2.90. The topological polar surface area (TPSA) is 57.8 Å². The number of nitrogens with zero attached hydrogens (tertiary/aromatic N) is 5. The van der Waals surface area contributed by atoms with Crippen LogP contribution in [0.15, 0.2) is 84.0 Å². The Hall–Kier alpha value is -4.12. The van der Waals surface area contributed by atoms with Crippen molar-refractivity contribution in [1.82, 2.24) is 24.5 Å². The Bertz CT molecular complexity index is 1590. The molecule has 0 saturated heterocycles. The molecule has 0 saturated carbocycles. The zero-order valence-corrected chi connectivity index (χ0v) is 21.1. The molecule has 38 heavy (non-hydrogen) atoms. The number of imidazole rings is 1. The highest BCUT2D eigenvalue weighted by Crippen LogP contribution is 2.33. The molecule has 0 aliphatic heterocycles. The van der Waals surface area contributed by atoms with Gasteiger partial charge < -0.3 is 9.30 Å². The summed E-state index contributed by atoms with van der Waals surface area (Å²) in [5.41, 5.74) is 4.44. The van der Waals surface area contributed by atoms with Gasteiger partial charge in [-0.1, -0.05) is 23.4 Å². The van der Waals surface area contributed by atoms with E-state index in [-0.39, 0.29) is 5.75 Å². The van der Waals surface area contributed by atoms with Gasteiger partial charge in [0.1, 0.15) is 17.7 Å². The number of thiol groups is 1. The van der Waals surface area contributed by atoms with Crippen LogP contribution in [0, 0.1) is 6.92 Å². The molecule has 0 amide bonds. The van der Waals surface area contributed by atoms with Gasteiger partial charge in [0.25, 0.3) is 0 Å². The van der Waals surface area contributed by atoms with Crippen LogP contribution in [0.5, 0.6) is 5.75 Å². The van der Waals surface area contributed by atoms with Crippen LogP contribution in [0.4, 0.5) is 17.6 Å². The lowest BCUT2D eigenvalue weighted by Crippen LogP contribution is -2.16. The van der Waals surface area contributed by atoms with Crippen molar-refractivity contribution in [3.05, 3.63) is 90.6 Å². The number of rotatable bonds is 6. The second-order valence-electron chi connectivity index (χ2n) is 8.56. The lowest BCUT2D eigenvalue weighted by Gasteiger charge is -2.16. The summed E-state index contributed by atoms with van der Waals surface area (Å²) >= 11 is 4.44. The number of hydrogen-bond acceptors (Lipinski definition) is 5. The van der Waals surface area contributed by atoms with E-state index >= 15 is 0 Å². The molecule has 0 bridgehead atoms. The predicted molar refractivity (Wildman–Crippen MR) is 138 cm³/mol. The first-order valence-electron chi connectivity index (χ1n) is 11.5. The summed E-state index contributed by atoms with van der Waals surface area (Å²) in [6.45, 7) is 3.19. The highest BCUT2D eigenvalue weighted by Gasteiger charge is 2.31. The Morgan fingerprint density at radius 1 is 0.921 bits per heavy atom. The first-order chi connectivity index (χ1) is 18.1. The van der Waals surface area contributed by atoms with Gasteiger partial charge in [-0.15, -0.1) is 30.9 Å². The summed E-state index contributed by atoms with van der Waals surface area (Å²) in [5, 5.41) is 8.36. The Balaban J connectivity index is 1.66. The van der Waals surface area contributed by atoms with E-state index < -0.39 is 12.5 Å². The van der Waals surface area contributed by atoms with E-state index in [1.807, 2.05) is 42.5 Å². The third-order valence-electron chi connectivity index (χ3n) is 5.88. The molecule has 0 aliphatic rings. The first kappa shape index (κ1) is 25.5. The Kier molecular flexibility index (Phi) is 6.70. The number of alkyl halides is 4. The monoisotopic (exact) mass is 539 g/mol. The Morgan fingerprint density at radius 2 is 1.63 bits per heavy atom. The van der Waals surface area contributed by atoms with Crippen molar-refractivity contribution in [1.29, 1.82) is 0 Å². The summed E-state index contributed by atoms with van der Waals surface area (Å²) < 4.78 is 59.2. The van der Waals surface area contributed by atoms with Gasteiger partial charge in [0.15, 0.2) is 0 Å². The second kappa shape index (κ2) is 9.97. The number of hydrogen-bond donors (Lipinski definition) is 1. The van der Waals surface area contributed by atoms with Crippen LogP contribution < -0.4 is 4.74 Å². The Labute approximate surface area is 220 Å². The van der Waals surface area contributed by atoms with Gasteiger partial charge in [-0.25, -0.2) is 14.1 Å². The molecule has 0 radical (unpaired) electrons. The minimum absolute atomic E-state index is 0.291. The molecule has 5 rings (SSSR count). The SMILES string of the molecule is Cc1nc(C(C)F)cn1-c1ccc(-c2cccc(S)c2)cc1-n1nncc1-c1ccc(OC(F)(F)F)cc1. The van der Waals surface area contributed by atoms with Gasteiger partial charge in [-0.3, -0.25) is 0 Å². The zero-order valence-electron chi connectivity index (χ0n) is 20.2. The Morgan fingerprint density at radius 3 is 2.29 bits per heavy atom. The normalized spacial score (nSPS) is 12.5. The van der Waals surface area contributed by atoms with Gasteiger partial charge in [-0.05, 0) is 73.5 Å². The van der Waals surface area contributed by atoms with Crippen molar-refractivity contribution >= 4 is 12.6 Å². The molecule has 0 N–H and O–H groups in total. The molecule has 0 aliphatic carbocycles. The largest absolute Gasteiger partial charge is 0.573 e. The van der Waals surface area contributed by atoms with E-state index in [2.05, 4.69) is 32.7 Å². The number of ether oxygens (including phenoxy) is 1. The zero-order chi connectivity index (χ0) is 27.0. The third-order valence-corrected chi connectivity index (χ3v) is 6.16. The van der Waals surface area contributed by atoms with Crippen LogP contribution in [0.2, 0.25) is 0 Å². The fraction of sp³-hybridized carbons (Fsp3) is 0.148. The summed E-state index contributed by atoms with van der Waals surface area (Å²) in [5.74, 6) is 0.239. The quantitative estimate of drug-likeness (QED) is 0.182. The molecule has 2 aromatic heterocycles. The maximum absolute atomic E-state index is 14.1. The molecule has 0 fully saturated rings. The van der Waals surface area contributed by atoms with Crippen molar-refractivity contribution in [2.75, 3.05) is 0 Å². The molecular formula is C27H21F4N5OS. The molecule has 6 nitrogen and oxygen atoms in total. The van der Waals surface area contributed by atoms with E-state index in [1.165, 1.54) is 37.4 Å². The molecular weight excluding hydrogens is 518 g/mol. The van der Waals surface area contributed by atoms with Crippen LogP contribution >= 0.6 is 12.6 Å². The lowest BCUT2D eigenvalue weighted by molar-refractivity contribution is -0.274. The number of aromatic nitrogens is 5. The van der Waals surface area contributed by atoms with Gasteiger partial charge >= 0.3 is 6.36 Å². The van der Waals surface area contributed by atoms with E-state index in [1.54, 1.807) is 22.4 Å². The van der Waals surface area contributed by atoms with E-state index in [0.717, 1.165) is 16.0 Å². The average Bonchev–Trinajstić information content (AvgIpc) is 3.50. The molecule has 2 heterocycles. The lowest BCUT2D eigenvalue weighted by atomic mass is 10.0. The molecule has 11 heteroatoms. The van der Waals surface area contributed by atoms with Crippen molar-refractivity contribution in [2.45, 2.75) is 31.3 Å². The van der Waals surface area contributed by atoms with Crippen LogP contribution in [-0.2, 0) is 0 Å². The number of benzene rings is 3. The summed E-state index contributed by atoms with van der Waals surface area (Å²) in [6, 6.07) is 18.8. The second-order valence-corrected chi connectivity index (χ2v) is 9.07. The van der Waals surface area contributed by atoms with Crippen molar-refractivity contribution in [3.8, 4) is 39.5 Å². The predicted octanol–water partition coefficient (Wildman–Crippen LogP) is 7.31. The molecule has 194 valence electrons. The minimum Gasteiger partial charge on any atom is -0.406 e. The third kappa shape index (κ3) is 5.28. The van der Waals surface area contributed by atoms with E-state index in [9.17, 15) is 17.6 Å². The van der Waals surface area contributed by atoms with Crippen LogP contribution in [0.3, 0.4) is 0 Å². The summed E-state index contributed by atoms with van der Waals surface area (Å²) in [7, 11) is 0. The first-order valence-corrected chi connectivity index (χ1v) is 11.9. The van der Waals surface area contributed by atoms with Gasteiger partial charge in [0.2, 0.25) is 0 Å². The van der Waals surface area contributed by atoms with Crippen molar-refractivity contribution in [3.63, 3.8) is 0 Å². The number of halogens is 4. The van der Waals surface area contributed by atoms with E-state index in [0.29, 0.717) is 34.2 Å². The van der Waals surface area contributed by atoms with E-state index in [4.69, 9.17) is 0 Å². The van der Waals surface area contributed by atoms with Gasteiger partial charge in [0.05, 0.1) is 29.0 Å².